The molecule has 0 bridgehead atoms. The first-order valence-electron chi connectivity index (χ1n) is 11.5. The lowest BCUT2D eigenvalue weighted by Gasteiger charge is -2.32. The Morgan fingerprint density at radius 2 is 1.69 bits per heavy atom. The van der Waals surface area contributed by atoms with Gasteiger partial charge in [-0.1, -0.05) is 54.1 Å². The predicted molar refractivity (Wildman–Crippen MR) is 136 cm³/mol. The summed E-state index contributed by atoms with van der Waals surface area (Å²) < 4.78 is 19.3. The van der Waals surface area contributed by atoms with Crippen LogP contribution in [0.3, 0.4) is 0 Å². The summed E-state index contributed by atoms with van der Waals surface area (Å²) in [6, 6.07) is 19.7. The van der Waals surface area contributed by atoms with Gasteiger partial charge in [0, 0.05) is 24.0 Å². The Hall–Kier alpha value is -3.38. The van der Waals surface area contributed by atoms with E-state index in [1.165, 1.54) is 17.0 Å². The fraction of sp³-hybridized carbons (Fsp3) is 0.286. The van der Waals surface area contributed by atoms with E-state index in [4.69, 9.17) is 16.3 Å². The average Bonchev–Trinajstić information content (AvgIpc) is 2.83. The first kappa shape index (κ1) is 26.2. The van der Waals surface area contributed by atoms with Crippen molar-refractivity contribution in [2.45, 2.75) is 45.8 Å². The maximum atomic E-state index is 13.5. The fourth-order valence-electron chi connectivity index (χ4n) is 3.66. The highest BCUT2D eigenvalue weighted by molar-refractivity contribution is 6.31. The molecule has 0 fully saturated rings. The maximum Gasteiger partial charge on any atom is 0.261 e. The quantitative estimate of drug-likeness (QED) is 0.412. The Morgan fingerprint density at radius 3 is 2.31 bits per heavy atom. The number of benzene rings is 3. The number of aryl methyl sites for hydroxylation is 1. The van der Waals surface area contributed by atoms with Crippen LogP contribution in [0, 0.1) is 12.7 Å². The maximum absolute atomic E-state index is 13.5. The molecule has 1 atom stereocenters. The topological polar surface area (TPSA) is 58.6 Å². The summed E-state index contributed by atoms with van der Waals surface area (Å²) in [5.41, 5.74) is 2.46. The molecule has 0 aliphatic carbocycles. The number of carbonyl (C=O) groups is 2. The third-order valence-electron chi connectivity index (χ3n) is 5.46. The molecule has 1 N–H and O–H groups in total. The molecule has 184 valence electrons. The van der Waals surface area contributed by atoms with Gasteiger partial charge in [-0.3, -0.25) is 9.59 Å². The molecule has 3 aromatic rings. The standard InChI is InChI=1S/C28H30ClFN2O3/c1-19(2)31-28(34)26(16-21-7-5-4-6-8-21)32(17-22-9-11-23(30)12-10-22)27(33)18-35-24-13-14-25(29)20(3)15-24/h4-15,19,26H,16-18H2,1-3H3,(H,31,34). The van der Waals surface area contributed by atoms with Gasteiger partial charge in [0.25, 0.3) is 5.91 Å². The van der Waals surface area contributed by atoms with E-state index in [1.54, 1.807) is 30.3 Å². The molecular formula is C28H30ClFN2O3. The lowest BCUT2D eigenvalue weighted by Crippen LogP contribution is -2.52. The molecular weight excluding hydrogens is 467 g/mol. The Kier molecular flexibility index (Phi) is 9.26. The Balaban J connectivity index is 1.90. The molecule has 0 heterocycles. The van der Waals surface area contributed by atoms with Gasteiger partial charge in [0.1, 0.15) is 17.6 Å². The van der Waals surface area contributed by atoms with Gasteiger partial charge in [0.2, 0.25) is 5.91 Å². The number of nitrogens with zero attached hydrogens (tertiary/aromatic N) is 1. The van der Waals surface area contributed by atoms with Crippen LogP contribution in [-0.4, -0.2) is 35.4 Å². The van der Waals surface area contributed by atoms with Gasteiger partial charge < -0.3 is 15.0 Å². The zero-order valence-corrected chi connectivity index (χ0v) is 20.9. The van der Waals surface area contributed by atoms with Crippen molar-refractivity contribution >= 4 is 23.4 Å². The van der Waals surface area contributed by atoms with Crippen LogP contribution in [0.1, 0.15) is 30.5 Å². The first-order chi connectivity index (χ1) is 16.7. The Labute approximate surface area is 210 Å². The second kappa shape index (κ2) is 12.4. The van der Waals surface area contributed by atoms with Gasteiger partial charge in [-0.05, 0) is 67.8 Å². The summed E-state index contributed by atoms with van der Waals surface area (Å²) in [6.45, 7) is 5.46. The molecule has 3 rings (SSSR count). The number of ether oxygens (including phenoxy) is 1. The van der Waals surface area contributed by atoms with Crippen LogP contribution in [0.25, 0.3) is 0 Å². The number of hydrogen-bond donors (Lipinski definition) is 1. The molecule has 0 aromatic heterocycles. The minimum Gasteiger partial charge on any atom is -0.484 e. The SMILES string of the molecule is Cc1cc(OCC(=O)N(Cc2ccc(F)cc2)C(Cc2ccccc2)C(=O)NC(C)C)ccc1Cl. The molecule has 0 spiro atoms. The van der Waals surface area contributed by atoms with Crippen molar-refractivity contribution in [3.8, 4) is 5.75 Å². The number of rotatable bonds is 10. The fourth-order valence-corrected chi connectivity index (χ4v) is 3.77. The summed E-state index contributed by atoms with van der Waals surface area (Å²) in [7, 11) is 0. The van der Waals surface area contributed by atoms with E-state index in [-0.39, 0.29) is 36.8 Å². The van der Waals surface area contributed by atoms with Gasteiger partial charge in [0.15, 0.2) is 6.61 Å². The van der Waals surface area contributed by atoms with Gasteiger partial charge in [-0.25, -0.2) is 4.39 Å². The smallest absolute Gasteiger partial charge is 0.261 e. The van der Waals surface area contributed by atoms with E-state index >= 15 is 0 Å². The molecule has 5 nitrogen and oxygen atoms in total. The first-order valence-corrected chi connectivity index (χ1v) is 11.9. The molecule has 0 saturated heterocycles. The summed E-state index contributed by atoms with van der Waals surface area (Å²) >= 11 is 6.09. The van der Waals surface area contributed by atoms with Crippen LogP contribution < -0.4 is 10.1 Å². The van der Waals surface area contributed by atoms with Crippen LogP contribution in [0.15, 0.2) is 72.8 Å². The highest BCUT2D eigenvalue weighted by Gasteiger charge is 2.31. The van der Waals surface area contributed by atoms with Gasteiger partial charge >= 0.3 is 0 Å². The van der Waals surface area contributed by atoms with Gasteiger partial charge in [-0.2, -0.15) is 0 Å². The molecule has 7 heteroatoms. The van der Waals surface area contributed by atoms with E-state index in [2.05, 4.69) is 5.32 Å². The number of amides is 2. The van der Waals surface area contributed by atoms with Gasteiger partial charge in [-0.15, -0.1) is 0 Å². The second-order valence-electron chi connectivity index (χ2n) is 8.72. The minimum absolute atomic E-state index is 0.100. The van der Waals surface area contributed by atoms with Crippen LogP contribution in [0.2, 0.25) is 5.02 Å². The van der Waals surface area contributed by atoms with Crippen LogP contribution in [-0.2, 0) is 22.6 Å². The second-order valence-corrected chi connectivity index (χ2v) is 9.12. The van der Waals surface area contributed by atoms with E-state index < -0.39 is 6.04 Å². The number of halogens is 2. The van der Waals surface area contributed by atoms with Crippen molar-refractivity contribution in [1.82, 2.24) is 10.2 Å². The summed E-state index contributed by atoms with van der Waals surface area (Å²) in [5.74, 6) is -0.483. The minimum atomic E-state index is -0.784. The molecule has 2 amide bonds. The third-order valence-corrected chi connectivity index (χ3v) is 5.88. The van der Waals surface area contributed by atoms with Gasteiger partial charge in [0.05, 0.1) is 0 Å². The molecule has 35 heavy (non-hydrogen) atoms. The average molecular weight is 497 g/mol. The predicted octanol–water partition coefficient (Wildman–Crippen LogP) is 5.33. The van der Waals surface area contributed by atoms with Crippen LogP contribution >= 0.6 is 11.6 Å². The number of carbonyl (C=O) groups excluding carboxylic acids is 2. The highest BCUT2D eigenvalue weighted by Crippen LogP contribution is 2.22. The summed E-state index contributed by atoms with van der Waals surface area (Å²) in [4.78, 5) is 28.3. The van der Waals surface area contributed by atoms with Crippen LogP contribution in [0.4, 0.5) is 4.39 Å². The molecule has 0 radical (unpaired) electrons. The molecule has 1 unspecified atom stereocenters. The van der Waals surface area contributed by atoms with Crippen molar-refractivity contribution in [2.24, 2.45) is 0 Å². The summed E-state index contributed by atoms with van der Waals surface area (Å²) in [5, 5.41) is 3.54. The normalized spacial score (nSPS) is 11.7. The Morgan fingerprint density at radius 1 is 1.00 bits per heavy atom. The van der Waals surface area contributed by atoms with Crippen molar-refractivity contribution in [2.75, 3.05) is 6.61 Å². The van der Waals surface area contributed by atoms with Crippen molar-refractivity contribution < 1.29 is 18.7 Å². The lowest BCUT2D eigenvalue weighted by atomic mass is 10.0. The summed E-state index contributed by atoms with van der Waals surface area (Å²) in [6.07, 6.45) is 0.326. The number of hydrogen-bond acceptors (Lipinski definition) is 3. The van der Waals surface area contributed by atoms with Crippen LogP contribution in [0.5, 0.6) is 5.75 Å². The zero-order chi connectivity index (χ0) is 25.4. The monoisotopic (exact) mass is 496 g/mol. The number of nitrogens with one attached hydrogen (secondary N) is 1. The van der Waals surface area contributed by atoms with E-state index in [1.807, 2.05) is 51.1 Å². The molecule has 3 aromatic carbocycles. The van der Waals surface area contributed by atoms with E-state index in [0.717, 1.165) is 11.1 Å². The largest absolute Gasteiger partial charge is 0.484 e. The lowest BCUT2D eigenvalue weighted by molar-refractivity contribution is -0.143. The molecule has 0 aliphatic heterocycles. The molecule has 0 saturated carbocycles. The van der Waals surface area contributed by atoms with E-state index in [9.17, 15) is 14.0 Å². The van der Waals surface area contributed by atoms with Crippen molar-refractivity contribution in [1.29, 1.82) is 0 Å². The highest BCUT2D eigenvalue weighted by atomic mass is 35.5. The zero-order valence-electron chi connectivity index (χ0n) is 20.1. The Bertz CT molecular complexity index is 1140. The third kappa shape index (κ3) is 7.82. The van der Waals surface area contributed by atoms with Crippen molar-refractivity contribution in [3.63, 3.8) is 0 Å². The van der Waals surface area contributed by atoms with Crippen molar-refractivity contribution in [3.05, 3.63) is 100 Å². The molecule has 0 aliphatic rings. The van der Waals surface area contributed by atoms with E-state index in [0.29, 0.717) is 22.8 Å².